The molecule has 1 aliphatic heterocycles. The van der Waals surface area contributed by atoms with Crippen molar-refractivity contribution in [3.05, 3.63) is 11.7 Å². The highest BCUT2D eigenvalue weighted by Crippen LogP contribution is 2.27. The van der Waals surface area contributed by atoms with E-state index in [9.17, 15) is 9.59 Å². The molecule has 0 saturated carbocycles. The molecule has 8 nitrogen and oxygen atoms in total. The first-order valence-electron chi connectivity index (χ1n) is 8.04. The van der Waals surface area contributed by atoms with Crippen LogP contribution >= 0.6 is 0 Å². The van der Waals surface area contributed by atoms with Gasteiger partial charge in [-0.1, -0.05) is 5.16 Å². The molecule has 1 fully saturated rings. The zero-order valence-corrected chi connectivity index (χ0v) is 15.2. The van der Waals surface area contributed by atoms with Crippen LogP contribution in [-0.2, 0) is 20.9 Å². The van der Waals surface area contributed by atoms with Gasteiger partial charge in [0.05, 0.1) is 12.5 Å². The monoisotopic (exact) mass is 338 g/mol. The number of methoxy groups -OCH3 is 1. The zero-order valence-electron chi connectivity index (χ0n) is 15.2. The molecule has 0 radical (unpaired) electrons. The molecular weight excluding hydrogens is 312 g/mol. The first kappa shape index (κ1) is 18.4. The highest BCUT2D eigenvalue weighted by atomic mass is 16.5. The Kier molecular flexibility index (Phi) is 5.27. The van der Waals surface area contributed by atoms with Crippen LogP contribution in [0.4, 0.5) is 0 Å². The van der Waals surface area contributed by atoms with E-state index in [0.29, 0.717) is 18.3 Å². The Labute approximate surface area is 142 Å². The lowest BCUT2D eigenvalue weighted by Gasteiger charge is -2.32. The van der Waals surface area contributed by atoms with Gasteiger partial charge in [0.25, 0.3) is 0 Å². The zero-order chi connectivity index (χ0) is 18.1. The fourth-order valence-corrected chi connectivity index (χ4v) is 2.72. The third-order valence-corrected chi connectivity index (χ3v) is 4.23. The maximum atomic E-state index is 12.6. The van der Waals surface area contributed by atoms with E-state index in [2.05, 4.69) is 10.1 Å². The summed E-state index contributed by atoms with van der Waals surface area (Å²) in [6.07, 6.45) is -0.0210. The topological polar surface area (TPSA) is 88.8 Å². The summed E-state index contributed by atoms with van der Waals surface area (Å²) >= 11 is 0. The maximum Gasteiger partial charge on any atom is 0.246 e. The molecule has 134 valence electrons. The van der Waals surface area contributed by atoms with E-state index >= 15 is 0 Å². The van der Waals surface area contributed by atoms with Crippen LogP contribution in [0.5, 0.6) is 0 Å². The van der Waals surface area contributed by atoms with Crippen molar-refractivity contribution in [1.82, 2.24) is 19.9 Å². The van der Waals surface area contributed by atoms with Gasteiger partial charge in [0.2, 0.25) is 17.7 Å². The van der Waals surface area contributed by atoms with Crippen molar-refractivity contribution in [2.24, 2.45) is 5.92 Å². The molecule has 0 bridgehead atoms. The average molecular weight is 338 g/mol. The summed E-state index contributed by atoms with van der Waals surface area (Å²) in [6, 6.07) is 0. The van der Waals surface area contributed by atoms with Crippen molar-refractivity contribution in [3.63, 3.8) is 0 Å². The van der Waals surface area contributed by atoms with Gasteiger partial charge in [-0.05, 0) is 27.7 Å². The Morgan fingerprint density at radius 3 is 2.71 bits per heavy atom. The number of rotatable bonds is 5. The smallest absolute Gasteiger partial charge is 0.246 e. The number of ether oxygens (including phenoxy) is 1. The molecular formula is C16H26N4O4. The molecule has 8 heteroatoms. The number of hydrogen-bond donors (Lipinski definition) is 0. The number of likely N-dealkylation sites (tertiary alicyclic amines) is 1. The van der Waals surface area contributed by atoms with Gasteiger partial charge in [-0.3, -0.25) is 9.59 Å². The second kappa shape index (κ2) is 6.88. The third kappa shape index (κ3) is 3.92. The van der Waals surface area contributed by atoms with Gasteiger partial charge in [0, 0.05) is 32.7 Å². The minimum atomic E-state index is -0.331. The van der Waals surface area contributed by atoms with Gasteiger partial charge < -0.3 is 19.1 Å². The molecule has 2 rings (SSSR count). The molecule has 0 aliphatic carbocycles. The van der Waals surface area contributed by atoms with E-state index in [4.69, 9.17) is 9.26 Å². The highest BCUT2D eigenvalue weighted by molar-refractivity contribution is 5.89. The van der Waals surface area contributed by atoms with Crippen LogP contribution in [0.3, 0.4) is 0 Å². The molecule has 2 amide bonds. The van der Waals surface area contributed by atoms with Gasteiger partial charge in [-0.15, -0.1) is 0 Å². The summed E-state index contributed by atoms with van der Waals surface area (Å²) in [5, 5.41) is 3.84. The normalized spacial score (nSPS) is 19.7. The number of carbonyl (C=O) groups excluding carboxylic acids is 2. The molecule has 1 aromatic heterocycles. The van der Waals surface area contributed by atoms with Gasteiger partial charge >= 0.3 is 0 Å². The maximum absolute atomic E-state index is 12.6. The standard InChI is InChI=1S/C16H26N4O4/c1-10(23-6)14-17-12(24-18-14)9-19(5)15(22)11-7-13(21)20(8-11)16(2,3)4/h10-11H,7-9H2,1-6H3. The number of amides is 2. The molecule has 1 aromatic rings. The molecule has 0 aromatic carbocycles. The Balaban J connectivity index is 1.98. The first-order chi connectivity index (χ1) is 11.1. The second-order valence-electron chi connectivity index (χ2n) is 7.19. The van der Waals surface area contributed by atoms with Crippen LogP contribution < -0.4 is 0 Å². The van der Waals surface area contributed by atoms with E-state index in [1.807, 2.05) is 27.7 Å². The molecule has 0 N–H and O–H groups in total. The molecule has 2 heterocycles. The molecule has 2 unspecified atom stereocenters. The predicted octanol–water partition coefficient (Wildman–Crippen LogP) is 1.38. The predicted molar refractivity (Wildman–Crippen MR) is 85.8 cm³/mol. The van der Waals surface area contributed by atoms with Crippen molar-refractivity contribution in [1.29, 1.82) is 0 Å². The summed E-state index contributed by atoms with van der Waals surface area (Å²) in [6.45, 7) is 8.38. The SMILES string of the molecule is COC(C)c1noc(CN(C)C(=O)C2CC(=O)N(C(C)(C)C)C2)n1. The lowest BCUT2D eigenvalue weighted by Crippen LogP contribution is -2.43. The van der Waals surface area contributed by atoms with Gasteiger partial charge in [0.1, 0.15) is 6.10 Å². The Hall–Kier alpha value is -1.96. The molecule has 1 saturated heterocycles. The van der Waals surface area contributed by atoms with E-state index < -0.39 is 0 Å². The lowest BCUT2D eigenvalue weighted by atomic mass is 10.1. The Bertz CT molecular complexity index is 607. The number of aromatic nitrogens is 2. The average Bonchev–Trinajstić information content (AvgIpc) is 3.11. The molecule has 0 spiro atoms. The number of nitrogens with zero attached hydrogens (tertiary/aromatic N) is 4. The Morgan fingerprint density at radius 1 is 1.50 bits per heavy atom. The highest BCUT2D eigenvalue weighted by Gasteiger charge is 2.40. The van der Waals surface area contributed by atoms with Crippen molar-refractivity contribution in [2.45, 2.75) is 52.3 Å². The van der Waals surface area contributed by atoms with Crippen molar-refractivity contribution < 1.29 is 18.8 Å². The number of hydrogen-bond acceptors (Lipinski definition) is 6. The molecule has 24 heavy (non-hydrogen) atoms. The van der Waals surface area contributed by atoms with E-state index in [1.54, 1.807) is 19.1 Å². The Morgan fingerprint density at radius 2 is 2.17 bits per heavy atom. The third-order valence-electron chi connectivity index (χ3n) is 4.23. The van der Waals surface area contributed by atoms with Crippen LogP contribution in [0.2, 0.25) is 0 Å². The quantitative estimate of drug-likeness (QED) is 0.806. The fourth-order valence-electron chi connectivity index (χ4n) is 2.72. The molecule has 1 aliphatic rings. The van der Waals surface area contributed by atoms with E-state index in [0.717, 1.165) is 0 Å². The van der Waals surface area contributed by atoms with Gasteiger partial charge in [0.15, 0.2) is 5.82 Å². The van der Waals surface area contributed by atoms with Crippen molar-refractivity contribution in [3.8, 4) is 0 Å². The van der Waals surface area contributed by atoms with Gasteiger partial charge in [-0.25, -0.2) is 0 Å². The van der Waals surface area contributed by atoms with E-state index in [-0.39, 0.29) is 42.3 Å². The fraction of sp³-hybridized carbons (Fsp3) is 0.750. The number of carbonyl (C=O) groups is 2. The van der Waals surface area contributed by atoms with Crippen molar-refractivity contribution in [2.75, 3.05) is 20.7 Å². The van der Waals surface area contributed by atoms with Crippen molar-refractivity contribution >= 4 is 11.8 Å². The van der Waals surface area contributed by atoms with Gasteiger partial charge in [-0.2, -0.15) is 4.98 Å². The lowest BCUT2D eigenvalue weighted by molar-refractivity contribution is -0.135. The van der Waals surface area contributed by atoms with Crippen LogP contribution in [0.15, 0.2) is 4.52 Å². The largest absolute Gasteiger partial charge is 0.374 e. The second-order valence-corrected chi connectivity index (χ2v) is 7.19. The van der Waals surface area contributed by atoms with Crippen LogP contribution in [0.1, 0.15) is 51.9 Å². The van der Waals surface area contributed by atoms with Crippen LogP contribution in [-0.4, -0.2) is 58.0 Å². The first-order valence-corrected chi connectivity index (χ1v) is 8.04. The van der Waals surface area contributed by atoms with E-state index in [1.165, 1.54) is 4.90 Å². The molecule has 2 atom stereocenters. The minimum Gasteiger partial charge on any atom is -0.374 e. The summed E-state index contributed by atoms with van der Waals surface area (Å²) in [4.78, 5) is 32.2. The minimum absolute atomic E-state index is 0.0169. The van der Waals surface area contributed by atoms with Crippen LogP contribution in [0, 0.1) is 5.92 Å². The summed E-state index contributed by atoms with van der Waals surface area (Å²) in [7, 11) is 3.24. The summed E-state index contributed by atoms with van der Waals surface area (Å²) < 4.78 is 10.3. The van der Waals surface area contributed by atoms with Crippen LogP contribution in [0.25, 0.3) is 0 Å². The summed E-state index contributed by atoms with van der Waals surface area (Å²) in [5.74, 6) is 0.393. The summed E-state index contributed by atoms with van der Waals surface area (Å²) in [5.41, 5.74) is -0.275.